The second kappa shape index (κ2) is 17.0. The maximum atomic E-state index is 11.0. The summed E-state index contributed by atoms with van der Waals surface area (Å²) < 4.78 is 0.257. The predicted molar refractivity (Wildman–Crippen MR) is 113 cm³/mol. The van der Waals surface area contributed by atoms with Crippen LogP contribution in [-0.4, -0.2) is 63.9 Å². The van der Waals surface area contributed by atoms with Gasteiger partial charge in [-0.1, -0.05) is 44.8 Å². The van der Waals surface area contributed by atoms with Gasteiger partial charge in [0.25, 0.3) is 0 Å². The van der Waals surface area contributed by atoms with E-state index in [0.717, 1.165) is 38.5 Å². The molecule has 0 aromatic carbocycles. The fourth-order valence-electron chi connectivity index (χ4n) is 3.49. The Morgan fingerprint density at radius 2 is 1.03 bits per heavy atom. The lowest BCUT2D eigenvalue weighted by molar-refractivity contribution is -0.927. The molecule has 0 aromatic rings. The molecule has 168 valence electrons. The fourth-order valence-corrected chi connectivity index (χ4v) is 3.49. The zero-order valence-corrected chi connectivity index (χ0v) is 18.0. The highest BCUT2D eigenvalue weighted by atomic mass is 16.4. The SMILES string of the molecule is CCC/C=C/CCCCCCCC[N+](CCC(=O)O)(CCC(=O)O)CCC(=O)O. The Bertz CT molecular complexity index is 458. The molecule has 0 aromatic heterocycles. The van der Waals surface area contributed by atoms with Crippen LogP contribution in [0.5, 0.6) is 0 Å². The zero-order valence-electron chi connectivity index (χ0n) is 18.0. The van der Waals surface area contributed by atoms with Crippen LogP contribution in [-0.2, 0) is 14.4 Å². The van der Waals surface area contributed by atoms with Crippen molar-refractivity contribution in [1.82, 2.24) is 0 Å². The molecule has 7 heteroatoms. The monoisotopic (exact) mass is 414 g/mol. The Morgan fingerprint density at radius 1 is 0.621 bits per heavy atom. The number of carbonyl (C=O) groups is 3. The number of rotatable bonds is 20. The standard InChI is InChI=1S/C22H39NO6/c1-2-3-4-5-6-7-8-9-10-11-12-16-23(17-13-20(24)25,18-14-21(26)27)19-15-22(28)29/h4-5H,2-3,6-19H2,1H3,(H2-,24,25,26,27,28,29)/p+1/b5-4+. The van der Waals surface area contributed by atoms with Crippen molar-refractivity contribution >= 4 is 17.9 Å². The average molecular weight is 415 g/mol. The first kappa shape index (κ1) is 27.1. The first-order valence-corrected chi connectivity index (χ1v) is 11.0. The Morgan fingerprint density at radius 3 is 1.48 bits per heavy atom. The molecule has 0 amide bonds. The van der Waals surface area contributed by atoms with Crippen molar-refractivity contribution in [3.05, 3.63) is 12.2 Å². The lowest BCUT2D eigenvalue weighted by Gasteiger charge is -2.38. The van der Waals surface area contributed by atoms with Crippen molar-refractivity contribution in [2.45, 2.75) is 84.0 Å². The third kappa shape index (κ3) is 16.7. The molecule has 7 nitrogen and oxygen atoms in total. The van der Waals surface area contributed by atoms with Gasteiger partial charge in [-0.3, -0.25) is 14.4 Å². The van der Waals surface area contributed by atoms with Gasteiger partial charge < -0.3 is 19.8 Å². The van der Waals surface area contributed by atoms with Crippen LogP contribution in [0, 0.1) is 0 Å². The van der Waals surface area contributed by atoms with Gasteiger partial charge in [-0.15, -0.1) is 0 Å². The zero-order chi connectivity index (χ0) is 22.0. The molecule has 0 spiro atoms. The van der Waals surface area contributed by atoms with Crippen LogP contribution < -0.4 is 0 Å². The number of quaternary nitrogens is 1. The first-order chi connectivity index (χ1) is 13.8. The van der Waals surface area contributed by atoms with Crippen LogP contribution in [0.3, 0.4) is 0 Å². The molecule has 0 bridgehead atoms. The largest absolute Gasteiger partial charge is 0.481 e. The molecule has 0 saturated heterocycles. The van der Waals surface area contributed by atoms with E-state index in [-0.39, 0.29) is 43.4 Å². The van der Waals surface area contributed by atoms with Gasteiger partial charge in [0, 0.05) is 0 Å². The first-order valence-electron chi connectivity index (χ1n) is 11.0. The van der Waals surface area contributed by atoms with E-state index in [1.807, 2.05) is 0 Å². The topological polar surface area (TPSA) is 112 Å². The van der Waals surface area contributed by atoms with Gasteiger partial charge >= 0.3 is 17.9 Å². The Balaban J connectivity index is 4.42. The quantitative estimate of drug-likeness (QED) is 0.155. The molecule has 0 atom stereocenters. The summed E-state index contributed by atoms with van der Waals surface area (Å²) in [5.74, 6) is -2.82. The summed E-state index contributed by atoms with van der Waals surface area (Å²) in [5.41, 5.74) is 0. The number of aliphatic carboxylic acids is 3. The highest BCUT2D eigenvalue weighted by Gasteiger charge is 2.29. The lowest BCUT2D eigenvalue weighted by Crippen LogP contribution is -2.52. The summed E-state index contributed by atoms with van der Waals surface area (Å²) >= 11 is 0. The second-order valence-corrected chi connectivity index (χ2v) is 7.84. The molecule has 0 fully saturated rings. The molecule has 0 aliphatic heterocycles. The smallest absolute Gasteiger partial charge is 0.309 e. The summed E-state index contributed by atoms with van der Waals surface area (Å²) in [6, 6.07) is 0. The predicted octanol–water partition coefficient (Wildman–Crippen LogP) is 4.31. The number of unbranched alkanes of at least 4 members (excludes halogenated alkanes) is 7. The number of carboxylic acid groups (broad SMARTS) is 3. The van der Waals surface area contributed by atoms with Crippen molar-refractivity contribution in [3.8, 4) is 0 Å². The number of hydrogen-bond acceptors (Lipinski definition) is 3. The normalized spacial score (nSPS) is 11.8. The molecule has 0 unspecified atom stereocenters. The molecule has 0 aliphatic carbocycles. The van der Waals surface area contributed by atoms with E-state index in [1.54, 1.807) is 0 Å². The third-order valence-electron chi connectivity index (χ3n) is 5.28. The molecule has 0 aliphatic rings. The van der Waals surface area contributed by atoms with Crippen molar-refractivity contribution in [2.75, 3.05) is 26.2 Å². The van der Waals surface area contributed by atoms with Crippen LogP contribution >= 0.6 is 0 Å². The van der Waals surface area contributed by atoms with Crippen molar-refractivity contribution in [1.29, 1.82) is 0 Å². The van der Waals surface area contributed by atoms with Crippen LogP contribution in [0.2, 0.25) is 0 Å². The molecular formula is C22H40NO6+. The minimum atomic E-state index is -0.939. The minimum Gasteiger partial charge on any atom is -0.481 e. The van der Waals surface area contributed by atoms with Crippen LogP contribution in [0.15, 0.2) is 12.2 Å². The van der Waals surface area contributed by atoms with E-state index in [4.69, 9.17) is 15.3 Å². The molecule has 0 heterocycles. The number of carboxylic acids is 3. The van der Waals surface area contributed by atoms with Crippen molar-refractivity contribution < 1.29 is 34.2 Å². The summed E-state index contributed by atoms with van der Waals surface area (Å²) in [6.07, 6.45) is 14.2. The Hall–Kier alpha value is -1.89. The Kier molecular flexibility index (Phi) is 15.9. The highest BCUT2D eigenvalue weighted by Crippen LogP contribution is 2.16. The average Bonchev–Trinajstić information content (AvgIpc) is 2.66. The molecule has 0 saturated carbocycles. The number of hydrogen-bond donors (Lipinski definition) is 3. The van der Waals surface area contributed by atoms with Crippen molar-refractivity contribution in [2.24, 2.45) is 0 Å². The Labute approximate surface area is 175 Å². The van der Waals surface area contributed by atoms with E-state index < -0.39 is 17.9 Å². The second-order valence-electron chi connectivity index (χ2n) is 7.84. The van der Waals surface area contributed by atoms with Gasteiger partial charge in [0.2, 0.25) is 0 Å². The molecule has 29 heavy (non-hydrogen) atoms. The van der Waals surface area contributed by atoms with E-state index in [1.165, 1.54) is 19.3 Å². The summed E-state index contributed by atoms with van der Waals surface area (Å²) in [7, 11) is 0. The van der Waals surface area contributed by atoms with Gasteiger partial charge in [0.15, 0.2) is 0 Å². The minimum absolute atomic E-state index is 0.0786. The number of nitrogens with zero attached hydrogens (tertiary/aromatic N) is 1. The van der Waals surface area contributed by atoms with Crippen LogP contribution in [0.25, 0.3) is 0 Å². The molecule has 3 N–H and O–H groups in total. The maximum Gasteiger partial charge on any atom is 0.309 e. The van der Waals surface area contributed by atoms with Gasteiger partial charge in [-0.25, -0.2) is 0 Å². The van der Waals surface area contributed by atoms with Gasteiger partial charge in [-0.05, 0) is 32.1 Å². The maximum absolute atomic E-state index is 11.0. The van der Waals surface area contributed by atoms with Crippen molar-refractivity contribution in [3.63, 3.8) is 0 Å². The van der Waals surface area contributed by atoms with Gasteiger partial charge in [0.05, 0.1) is 45.4 Å². The van der Waals surface area contributed by atoms with Gasteiger partial charge in [0.1, 0.15) is 0 Å². The van der Waals surface area contributed by atoms with E-state index in [2.05, 4.69) is 19.1 Å². The third-order valence-corrected chi connectivity index (χ3v) is 5.28. The summed E-state index contributed by atoms with van der Waals surface area (Å²) in [5, 5.41) is 27.1. The van der Waals surface area contributed by atoms with E-state index in [9.17, 15) is 14.4 Å². The van der Waals surface area contributed by atoms with Gasteiger partial charge in [-0.2, -0.15) is 0 Å². The molecule has 0 rings (SSSR count). The van der Waals surface area contributed by atoms with Crippen LogP contribution in [0.4, 0.5) is 0 Å². The summed E-state index contributed by atoms with van der Waals surface area (Å²) in [4.78, 5) is 33.1. The highest BCUT2D eigenvalue weighted by molar-refractivity contribution is 5.67. The van der Waals surface area contributed by atoms with E-state index >= 15 is 0 Å². The van der Waals surface area contributed by atoms with E-state index in [0.29, 0.717) is 6.54 Å². The summed E-state index contributed by atoms with van der Waals surface area (Å²) in [6.45, 7) is 3.64. The van der Waals surface area contributed by atoms with Crippen LogP contribution in [0.1, 0.15) is 84.0 Å². The lowest BCUT2D eigenvalue weighted by atomic mass is 10.1. The molecular weight excluding hydrogens is 374 g/mol. The number of allylic oxidation sites excluding steroid dienone is 2. The fraction of sp³-hybridized carbons (Fsp3) is 0.773. The molecule has 0 radical (unpaired) electrons.